The number of ether oxygens (including phenoxy) is 1. The molecule has 0 aliphatic rings. The number of ketones is 1. The Hall–Kier alpha value is -1.23. The summed E-state index contributed by atoms with van der Waals surface area (Å²) in [5.74, 6) is -1.68. The largest absolute Gasteiger partial charge is 0.462 e. The quantitative estimate of drug-likeness (QED) is 0.486. The maximum absolute atomic E-state index is 13.4. The number of Topliss-reactive ketones (excluding diaryl/α,β-unsaturated/α-hetero) is 1. The molecule has 1 aromatic carbocycles. The van der Waals surface area contributed by atoms with E-state index in [1.165, 1.54) is 12.1 Å². The summed E-state index contributed by atoms with van der Waals surface area (Å²) in [5, 5.41) is 0.0443. The van der Waals surface area contributed by atoms with Crippen molar-refractivity contribution in [2.75, 3.05) is 11.9 Å². The van der Waals surface area contributed by atoms with Crippen molar-refractivity contribution in [1.29, 1.82) is 0 Å². The predicted molar refractivity (Wildman–Crippen MR) is 60.5 cm³/mol. The van der Waals surface area contributed by atoms with E-state index in [2.05, 4.69) is 15.9 Å². The smallest absolute Gasteiger partial charge is 0.338 e. The number of alkyl halides is 1. The first kappa shape index (κ1) is 12.8. The molecule has 1 rings (SSSR count). The summed E-state index contributed by atoms with van der Waals surface area (Å²) in [7, 11) is 0. The van der Waals surface area contributed by atoms with Crippen LogP contribution in [0.5, 0.6) is 0 Å². The van der Waals surface area contributed by atoms with E-state index in [9.17, 15) is 14.0 Å². The second-order valence-corrected chi connectivity index (χ2v) is 3.53. The number of carbonyl (C=O) groups is 2. The van der Waals surface area contributed by atoms with Crippen molar-refractivity contribution in [2.24, 2.45) is 0 Å². The minimum atomic E-state index is -0.713. The number of benzene rings is 1. The molecule has 0 spiro atoms. The van der Waals surface area contributed by atoms with Crippen molar-refractivity contribution in [3.05, 3.63) is 35.1 Å². The average Bonchev–Trinajstić information content (AvgIpc) is 2.28. The summed E-state index contributed by atoms with van der Waals surface area (Å²) in [6, 6.07) is 3.66. The fourth-order valence-electron chi connectivity index (χ4n) is 1.15. The zero-order chi connectivity index (χ0) is 12.1. The third-order valence-corrected chi connectivity index (χ3v) is 2.41. The van der Waals surface area contributed by atoms with E-state index in [1.807, 2.05) is 0 Å². The monoisotopic (exact) mass is 288 g/mol. The van der Waals surface area contributed by atoms with E-state index < -0.39 is 11.8 Å². The lowest BCUT2D eigenvalue weighted by Crippen LogP contribution is -2.08. The maximum atomic E-state index is 13.4. The molecule has 0 aliphatic carbocycles. The van der Waals surface area contributed by atoms with Crippen LogP contribution in [-0.2, 0) is 4.74 Å². The zero-order valence-electron chi connectivity index (χ0n) is 8.63. The van der Waals surface area contributed by atoms with Gasteiger partial charge in [0, 0.05) is 0 Å². The van der Waals surface area contributed by atoms with Gasteiger partial charge in [-0.1, -0.05) is 15.9 Å². The average molecular weight is 289 g/mol. The van der Waals surface area contributed by atoms with Crippen LogP contribution in [0.25, 0.3) is 0 Å². The molecular formula is C11H10BrFO3. The molecular weight excluding hydrogens is 279 g/mol. The first-order valence-electron chi connectivity index (χ1n) is 4.66. The van der Waals surface area contributed by atoms with Gasteiger partial charge in [-0.05, 0) is 25.1 Å². The Kier molecular flexibility index (Phi) is 4.61. The van der Waals surface area contributed by atoms with Crippen molar-refractivity contribution < 1.29 is 18.7 Å². The fraction of sp³-hybridized carbons (Fsp3) is 0.273. The molecule has 1 aromatic rings. The highest BCUT2D eigenvalue weighted by Gasteiger charge is 2.14. The summed E-state index contributed by atoms with van der Waals surface area (Å²) >= 11 is 2.95. The number of carbonyl (C=O) groups excluding carboxylic acids is 2. The van der Waals surface area contributed by atoms with E-state index in [0.717, 1.165) is 6.07 Å². The molecule has 0 radical (unpaired) electrons. The van der Waals surface area contributed by atoms with E-state index >= 15 is 0 Å². The van der Waals surface area contributed by atoms with Gasteiger partial charge in [0.25, 0.3) is 0 Å². The molecule has 16 heavy (non-hydrogen) atoms. The Balaban J connectivity index is 2.99. The minimum absolute atomic E-state index is 0.0371. The van der Waals surface area contributed by atoms with Crippen LogP contribution in [0.3, 0.4) is 0 Å². The lowest BCUT2D eigenvalue weighted by Gasteiger charge is -2.04. The van der Waals surface area contributed by atoms with Gasteiger partial charge in [-0.2, -0.15) is 0 Å². The van der Waals surface area contributed by atoms with Crippen LogP contribution in [0.1, 0.15) is 27.6 Å². The summed E-state index contributed by atoms with van der Waals surface area (Å²) in [5.41, 5.74) is 0.0652. The SMILES string of the molecule is CCOC(=O)c1ccc(C(=O)CBr)c(F)c1. The molecule has 0 N–H and O–H groups in total. The Morgan fingerprint density at radius 1 is 1.44 bits per heavy atom. The van der Waals surface area contributed by atoms with Crippen molar-refractivity contribution >= 4 is 27.7 Å². The molecule has 0 saturated heterocycles. The predicted octanol–water partition coefficient (Wildman–Crippen LogP) is 2.58. The summed E-state index contributed by atoms with van der Waals surface area (Å²) in [4.78, 5) is 22.5. The lowest BCUT2D eigenvalue weighted by molar-refractivity contribution is 0.0525. The van der Waals surface area contributed by atoms with Crippen LogP contribution < -0.4 is 0 Å². The van der Waals surface area contributed by atoms with Gasteiger partial charge in [0.1, 0.15) is 5.82 Å². The highest BCUT2D eigenvalue weighted by molar-refractivity contribution is 9.09. The van der Waals surface area contributed by atoms with Crippen LogP contribution in [-0.4, -0.2) is 23.7 Å². The Morgan fingerprint density at radius 3 is 2.62 bits per heavy atom. The van der Waals surface area contributed by atoms with Gasteiger partial charge >= 0.3 is 5.97 Å². The number of rotatable bonds is 4. The van der Waals surface area contributed by atoms with Crippen LogP contribution in [0, 0.1) is 5.82 Å². The topological polar surface area (TPSA) is 43.4 Å². The van der Waals surface area contributed by atoms with E-state index in [4.69, 9.17) is 4.74 Å². The third-order valence-electron chi connectivity index (χ3n) is 1.90. The molecule has 0 aromatic heterocycles. The number of esters is 1. The van der Waals surface area contributed by atoms with Crippen molar-refractivity contribution in [3.8, 4) is 0 Å². The van der Waals surface area contributed by atoms with Crippen LogP contribution in [0.2, 0.25) is 0 Å². The molecule has 0 unspecified atom stereocenters. The molecule has 0 heterocycles. The number of hydrogen-bond acceptors (Lipinski definition) is 3. The van der Waals surface area contributed by atoms with Crippen molar-refractivity contribution in [3.63, 3.8) is 0 Å². The summed E-state index contributed by atoms with van der Waals surface area (Å²) in [6.07, 6.45) is 0. The number of halogens is 2. The zero-order valence-corrected chi connectivity index (χ0v) is 10.2. The molecule has 86 valence electrons. The highest BCUT2D eigenvalue weighted by Crippen LogP contribution is 2.13. The lowest BCUT2D eigenvalue weighted by atomic mass is 10.1. The van der Waals surface area contributed by atoms with Gasteiger partial charge in [0.05, 0.1) is 23.1 Å². The summed E-state index contributed by atoms with van der Waals surface area (Å²) < 4.78 is 18.1. The van der Waals surface area contributed by atoms with E-state index in [1.54, 1.807) is 6.92 Å². The molecule has 0 aliphatic heterocycles. The molecule has 0 amide bonds. The molecule has 0 fully saturated rings. The van der Waals surface area contributed by atoms with Crippen LogP contribution in [0.4, 0.5) is 4.39 Å². The third kappa shape index (κ3) is 2.88. The van der Waals surface area contributed by atoms with Crippen LogP contribution >= 0.6 is 15.9 Å². The molecule has 5 heteroatoms. The highest BCUT2D eigenvalue weighted by atomic mass is 79.9. The van der Waals surface area contributed by atoms with Crippen molar-refractivity contribution in [2.45, 2.75) is 6.92 Å². The summed E-state index contributed by atoms with van der Waals surface area (Å²) in [6.45, 7) is 1.89. The first-order chi connectivity index (χ1) is 7.60. The van der Waals surface area contributed by atoms with Gasteiger partial charge < -0.3 is 4.74 Å². The minimum Gasteiger partial charge on any atom is -0.462 e. The van der Waals surface area contributed by atoms with E-state index in [-0.39, 0.29) is 28.8 Å². The van der Waals surface area contributed by atoms with Gasteiger partial charge in [-0.15, -0.1) is 0 Å². The fourth-order valence-corrected chi connectivity index (χ4v) is 1.46. The normalized spacial score (nSPS) is 9.94. The van der Waals surface area contributed by atoms with Gasteiger partial charge in [-0.25, -0.2) is 9.18 Å². The van der Waals surface area contributed by atoms with E-state index in [0.29, 0.717) is 0 Å². The van der Waals surface area contributed by atoms with Gasteiger partial charge in [-0.3, -0.25) is 4.79 Å². The van der Waals surface area contributed by atoms with Gasteiger partial charge in [0.15, 0.2) is 5.78 Å². The second kappa shape index (κ2) is 5.75. The Bertz CT molecular complexity index is 418. The molecule has 3 nitrogen and oxygen atoms in total. The first-order valence-corrected chi connectivity index (χ1v) is 5.78. The number of hydrogen-bond donors (Lipinski definition) is 0. The molecule has 0 saturated carbocycles. The Labute approximate surface area is 101 Å². The van der Waals surface area contributed by atoms with Crippen LogP contribution in [0.15, 0.2) is 18.2 Å². The second-order valence-electron chi connectivity index (χ2n) is 2.97. The van der Waals surface area contributed by atoms with Gasteiger partial charge in [0.2, 0.25) is 0 Å². The van der Waals surface area contributed by atoms with Crippen molar-refractivity contribution in [1.82, 2.24) is 0 Å². The Morgan fingerprint density at radius 2 is 2.12 bits per heavy atom. The molecule has 0 bridgehead atoms. The maximum Gasteiger partial charge on any atom is 0.338 e. The standard InChI is InChI=1S/C11H10BrFO3/c1-2-16-11(15)7-3-4-8(9(13)5-7)10(14)6-12/h3-5H,2,6H2,1H3. The molecule has 0 atom stereocenters.